The Kier molecular flexibility index (Phi) is 16.5. The maximum Gasteiger partial charge on any atom is 0.305 e. The van der Waals surface area contributed by atoms with Crippen LogP contribution in [0.3, 0.4) is 0 Å². The zero-order valence-corrected chi connectivity index (χ0v) is 17.5. The SMILES string of the molecule is CCCCCCCCCCCCCCCC(=O)OCCOC(C)(C)C. The molecular weight excluding hydrogens is 312 g/mol. The molecule has 0 atom stereocenters. The Balaban J connectivity index is 3.18. The molecule has 3 heteroatoms. The molecule has 0 aromatic carbocycles. The van der Waals surface area contributed by atoms with E-state index >= 15 is 0 Å². The van der Waals surface area contributed by atoms with Crippen molar-refractivity contribution in [1.82, 2.24) is 0 Å². The van der Waals surface area contributed by atoms with Crippen LogP contribution in [0.4, 0.5) is 0 Å². The zero-order chi connectivity index (χ0) is 18.8. The quantitative estimate of drug-likeness (QED) is 0.212. The summed E-state index contributed by atoms with van der Waals surface area (Å²) in [6.45, 7) is 9.13. The molecular formula is C22H44O3. The third-order valence-electron chi connectivity index (χ3n) is 4.37. The van der Waals surface area contributed by atoms with Crippen LogP contribution < -0.4 is 0 Å². The number of esters is 1. The van der Waals surface area contributed by atoms with E-state index in [0.29, 0.717) is 19.6 Å². The Labute approximate surface area is 157 Å². The van der Waals surface area contributed by atoms with Crippen LogP contribution in [0.1, 0.15) is 118 Å². The number of unbranched alkanes of at least 4 members (excludes halogenated alkanes) is 12. The van der Waals surface area contributed by atoms with E-state index in [1.807, 2.05) is 20.8 Å². The molecule has 0 bridgehead atoms. The third-order valence-corrected chi connectivity index (χ3v) is 4.37. The molecule has 0 aromatic rings. The molecule has 0 rings (SSSR count). The normalized spacial score (nSPS) is 11.7. The van der Waals surface area contributed by atoms with E-state index in [1.165, 1.54) is 70.6 Å². The largest absolute Gasteiger partial charge is 0.463 e. The smallest absolute Gasteiger partial charge is 0.305 e. The highest BCUT2D eigenvalue weighted by Crippen LogP contribution is 2.13. The van der Waals surface area contributed by atoms with Crippen molar-refractivity contribution < 1.29 is 14.3 Å². The second-order valence-corrected chi connectivity index (χ2v) is 8.17. The molecule has 0 fully saturated rings. The van der Waals surface area contributed by atoms with Gasteiger partial charge in [0.2, 0.25) is 0 Å². The molecule has 0 amide bonds. The molecule has 0 aliphatic heterocycles. The lowest BCUT2D eigenvalue weighted by Crippen LogP contribution is -2.22. The zero-order valence-electron chi connectivity index (χ0n) is 17.5. The van der Waals surface area contributed by atoms with Gasteiger partial charge in [-0.3, -0.25) is 4.79 Å². The molecule has 0 aliphatic rings. The summed E-state index contributed by atoms with van der Waals surface area (Å²) in [6, 6.07) is 0. The lowest BCUT2D eigenvalue weighted by atomic mass is 10.0. The molecule has 0 radical (unpaired) electrons. The summed E-state index contributed by atoms with van der Waals surface area (Å²) in [6.07, 6.45) is 17.7. The lowest BCUT2D eigenvalue weighted by Gasteiger charge is -2.19. The van der Waals surface area contributed by atoms with E-state index in [-0.39, 0.29) is 11.6 Å². The highest BCUT2D eigenvalue weighted by atomic mass is 16.6. The van der Waals surface area contributed by atoms with Crippen LogP contribution in [-0.4, -0.2) is 24.8 Å². The monoisotopic (exact) mass is 356 g/mol. The average Bonchev–Trinajstić information content (AvgIpc) is 2.55. The molecule has 0 unspecified atom stereocenters. The summed E-state index contributed by atoms with van der Waals surface area (Å²) in [7, 11) is 0. The Morgan fingerprint density at radius 2 is 1.12 bits per heavy atom. The molecule has 0 aliphatic carbocycles. The molecule has 25 heavy (non-hydrogen) atoms. The second kappa shape index (κ2) is 16.9. The Bertz CT molecular complexity index is 294. The highest BCUT2D eigenvalue weighted by molar-refractivity contribution is 5.69. The third kappa shape index (κ3) is 21.4. The van der Waals surface area contributed by atoms with Crippen LogP contribution in [0, 0.1) is 0 Å². The van der Waals surface area contributed by atoms with Crippen LogP contribution in [-0.2, 0) is 14.3 Å². The molecule has 0 N–H and O–H groups in total. The van der Waals surface area contributed by atoms with Gasteiger partial charge in [-0.2, -0.15) is 0 Å². The fourth-order valence-corrected chi connectivity index (χ4v) is 2.86. The topological polar surface area (TPSA) is 35.5 Å². The minimum Gasteiger partial charge on any atom is -0.463 e. The van der Waals surface area contributed by atoms with Crippen molar-refractivity contribution >= 4 is 5.97 Å². The Hall–Kier alpha value is -0.570. The fraction of sp³-hybridized carbons (Fsp3) is 0.955. The van der Waals surface area contributed by atoms with E-state index in [4.69, 9.17) is 9.47 Å². The maximum atomic E-state index is 11.6. The molecule has 0 aromatic heterocycles. The van der Waals surface area contributed by atoms with E-state index in [0.717, 1.165) is 12.8 Å². The van der Waals surface area contributed by atoms with Crippen molar-refractivity contribution in [3.63, 3.8) is 0 Å². The minimum atomic E-state index is -0.165. The van der Waals surface area contributed by atoms with Gasteiger partial charge in [0.25, 0.3) is 0 Å². The van der Waals surface area contributed by atoms with Crippen molar-refractivity contribution in [3.05, 3.63) is 0 Å². The number of carbonyl (C=O) groups is 1. The maximum absolute atomic E-state index is 11.6. The van der Waals surface area contributed by atoms with E-state index in [1.54, 1.807) is 0 Å². The van der Waals surface area contributed by atoms with Crippen molar-refractivity contribution in [2.45, 2.75) is 123 Å². The van der Waals surface area contributed by atoms with Gasteiger partial charge in [0.15, 0.2) is 0 Å². The van der Waals surface area contributed by atoms with Crippen LogP contribution in [0.25, 0.3) is 0 Å². The summed E-state index contributed by atoms with van der Waals surface area (Å²) in [4.78, 5) is 11.6. The van der Waals surface area contributed by atoms with Gasteiger partial charge in [-0.15, -0.1) is 0 Å². The molecule has 3 nitrogen and oxygen atoms in total. The molecule has 0 saturated carbocycles. The summed E-state index contributed by atoms with van der Waals surface area (Å²) < 4.78 is 10.7. The first kappa shape index (κ1) is 24.4. The Morgan fingerprint density at radius 3 is 1.56 bits per heavy atom. The van der Waals surface area contributed by atoms with Gasteiger partial charge in [-0.25, -0.2) is 0 Å². The van der Waals surface area contributed by atoms with Crippen LogP contribution in [0.15, 0.2) is 0 Å². The lowest BCUT2D eigenvalue weighted by molar-refractivity contribution is -0.147. The summed E-state index contributed by atoms with van der Waals surface area (Å²) in [5.74, 6) is -0.0828. The molecule has 150 valence electrons. The van der Waals surface area contributed by atoms with Crippen LogP contribution in [0.2, 0.25) is 0 Å². The summed E-state index contributed by atoms with van der Waals surface area (Å²) in [5, 5.41) is 0. The van der Waals surface area contributed by atoms with E-state index < -0.39 is 0 Å². The van der Waals surface area contributed by atoms with Crippen molar-refractivity contribution in [3.8, 4) is 0 Å². The first-order chi connectivity index (χ1) is 12.0. The van der Waals surface area contributed by atoms with Crippen LogP contribution in [0.5, 0.6) is 0 Å². The molecule has 0 heterocycles. The summed E-state index contributed by atoms with van der Waals surface area (Å²) in [5.41, 5.74) is -0.165. The van der Waals surface area contributed by atoms with Gasteiger partial charge in [-0.1, -0.05) is 84.0 Å². The van der Waals surface area contributed by atoms with Gasteiger partial charge >= 0.3 is 5.97 Å². The Morgan fingerprint density at radius 1 is 0.680 bits per heavy atom. The number of rotatable bonds is 17. The second-order valence-electron chi connectivity index (χ2n) is 8.17. The fourth-order valence-electron chi connectivity index (χ4n) is 2.86. The van der Waals surface area contributed by atoms with Crippen molar-refractivity contribution in [2.75, 3.05) is 13.2 Å². The van der Waals surface area contributed by atoms with E-state index in [2.05, 4.69) is 6.92 Å². The highest BCUT2D eigenvalue weighted by Gasteiger charge is 2.10. The van der Waals surface area contributed by atoms with Crippen molar-refractivity contribution in [2.24, 2.45) is 0 Å². The molecule has 0 spiro atoms. The number of ether oxygens (including phenoxy) is 2. The van der Waals surface area contributed by atoms with Gasteiger partial charge in [-0.05, 0) is 27.2 Å². The standard InChI is InChI=1S/C22H44O3/c1-5-6-7-8-9-10-11-12-13-14-15-16-17-18-21(23)24-19-20-25-22(2,3)4/h5-20H2,1-4H3. The number of carbonyl (C=O) groups excluding carboxylic acids is 1. The predicted molar refractivity (Wildman–Crippen MR) is 107 cm³/mol. The van der Waals surface area contributed by atoms with Gasteiger partial charge in [0.1, 0.15) is 6.61 Å². The van der Waals surface area contributed by atoms with Gasteiger partial charge in [0, 0.05) is 6.42 Å². The van der Waals surface area contributed by atoms with Gasteiger partial charge < -0.3 is 9.47 Å². The minimum absolute atomic E-state index is 0.0828. The number of hydrogen-bond acceptors (Lipinski definition) is 3. The first-order valence-corrected chi connectivity index (χ1v) is 10.8. The van der Waals surface area contributed by atoms with Crippen molar-refractivity contribution in [1.29, 1.82) is 0 Å². The first-order valence-electron chi connectivity index (χ1n) is 10.8. The van der Waals surface area contributed by atoms with Gasteiger partial charge in [0.05, 0.1) is 12.2 Å². The summed E-state index contributed by atoms with van der Waals surface area (Å²) >= 11 is 0. The molecule has 0 saturated heterocycles. The van der Waals surface area contributed by atoms with Crippen LogP contribution >= 0.6 is 0 Å². The predicted octanol–water partition coefficient (Wildman–Crippen LogP) is 6.83. The average molecular weight is 357 g/mol. The number of hydrogen-bond donors (Lipinski definition) is 0. The van der Waals surface area contributed by atoms with E-state index in [9.17, 15) is 4.79 Å².